The lowest BCUT2D eigenvalue weighted by atomic mass is 10.1. The fourth-order valence-corrected chi connectivity index (χ4v) is 3.49. The van der Waals surface area contributed by atoms with E-state index in [-0.39, 0.29) is 12.3 Å². The summed E-state index contributed by atoms with van der Waals surface area (Å²) in [5.74, 6) is 2.49. The number of hydrogen-bond acceptors (Lipinski definition) is 7. The van der Waals surface area contributed by atoms with E-state index in [2.05, 4.69) is 30.5 Å². The first kappa shape index (κ1) is 18.5. The number of nitrogens with one attached hydrogen (secondary N) is 2. The van der Waals surface area contributed by atoms with Crippen molar-refractivity contribution in [2.24, 2.45) is 5.73 Å². The lowest BCUT2D eigenvalue weighted by Crippen LogP contribution is -2.29. The SMILES string of the molecule is NC(=O)CCNc1nc(Nc2ccc(N3CCCCC3)nc2)ncc1C1CC1. The molecule has 0 radical (unpaired) electrons. The van der Waals surface area contributed by atoms with E-state index in [1.165, 1.54) is 19.3 Å². The summed E-state index contributed by atoms with van der Waals surface area (Å²) in [6.45, 7) is 2.62. The highest BCUT2D eigenvalue weighted by molar-refractivity contribution is 5.74. The number of carbonyl (C=O) groups excluding carboxylic acids is 1. The van der Waals surface area contributed by atoms with Crippen molar-refractivity contribution >= 4 is 29.2 Å². The zero-order chi connectivity index (χ0) is 19.3. The first-order valence-electron chi connectivity index (χ1n) is 10.1. The number of rotatable bonds is 8. The lowest BCUT2D eigenvalue weighted by Gasteiger charge is -2.27. The Morgan fingerprint density at radius 3 is 2.64 bits per heavy atom. The molecule has 1 aliphatic carbocycles. The Labute approximate surface area is 165 Å². The number of piperidine rings is 1. The summed E-state index contributed by atoms with van der Waals surface area (Å²) in [5, 5.41) is 6.46. The van der Waals surface area contributed by atoms with Crippen LogP contribution >= 0.6 is 0 Å². The number of primary amides is 1. The van der Waals surface area contributed by atoms with Crippen LogP contribution in [0, 0.1) is 0 Å². The minimum atomic E-state index is -0.326. The minimum Gasteiger partial charge on any atom is -0.370 e. The van der Waals surface area contributed by atoms with Gasteiger partial charge in [0.25, 0.3) is 0 Å². The van der Waals surface area contributed by atoms with Gasteiger partial charge < -0.3 is 21.3 Å². The van der Waals surface area contributed by atoms with E-state index in [0.29, 0.717) is 18.4 Å². The predicted molar refractivity (Wildman–Crippen MR) is 110 cm³/mol. The Kier molecular flexibility index (Phi) is 5.55. The van der Waals surface area contributed by atoms with Crippen molar-refractivity contribution in [1.29, 1.82) is 0 Å². The zero-order valence-electron chi connectivity index (χ0n) is 16.0. The highest BCUT2D eigenvalue weighted by atomic mass is 16.1. The maximum atomic E-state index is 11.0. The molecule has 4 rings (SSSR count). The second kappa shape index (κ2) is 8.41. The normalized spacial score (nSPS) is 16.6. The molecule has 2 aromatic rings. The molecule has 0 aromatic carbocycles. The number of nitrogens with zero attached hydrogens (tertiary/aromatic N) is 4. The number of carbonyl (C=O) groups is 1. The minimum absolute atomic E-state index is 0.277. The molecule has 2 fully saturated rings. The van der Waals surface area contributed by atoms with Crippen LogP contribution in [0.2, 0.25) is 0 Å². The van der Waals surface area contributed by atoms with Crippen LogP contribution < -0.4 is 21.3 Å². The molecule has 28 heavy (non-hydrogen) atoms. The van der Waals surface area contributed by atoms with Gasteiger partial charge in [-0.3, -0.25) is 4.79 Å². The van der Waals surface area contributed by atoms with Crippen LogP contribution in [0.4, 0.5) is 23.3 Å². The Bertz CT molecular complexity index is 814. The van der Waals surface area contributed by atoms with Crippen LogP contribution in [0.5, 0.6) is 0 Å². The monoisotopic (exact) mass is 381 g/mol. The van der Waals surface area contributed by atoms with E-state index in [1.807, 2.05) is 24.5 Å². The smallest absolute Gasteiger partial charge is 0.229 e. The molecule has 2 aliphatic rings. The van der Waals surface area contributed by atoms with E-state index < -0.39 is 0 Å². The molecular weight excluding hydrogens is 354 g/mol. The fourth-order valence-electron chi connectivity index (χ4n) is 3.49. The molecule has 8 heteroatoms. The van der Waals surface area contributed by atoms with Crippen molar-refractivity contribution in [3.63, 3.8) is 0 Å². The van der Waals surface area contributed by atoms with Crippen LogP contribution in [0.15, 0.2) is 24.5 Å². The van der Waals surface area contributed by atoms with Crippen molar-refractivity contribution in [2.75, 3.05) is 35.2 Å². The molecule has 2 aromatic heterocycles. The average Bonchev–Trinajstić information content (AvgIpc) is 3.54. The van der Waals surface area contributed by atoms with Gasteiger partial charge in [-0.15, -0.1) is 0 Å². The van der Waals surface area contributed by atoms with Gasteiger partial charge in [0.1, 0.15) is 11.6 Å². The van der Waals surface area contributed by atoms with Gasteiger partial charge in [0, 0.05) is 37.8 Å². The van der Waals surface area contributed by atoms with Crippen molar-refractivity contribution in [2.45, 2.75) is 44.4 Å². The van der Waals surface area contributed by atoms with Gasteiger partial charge in [-0.1, -0.05) is 0 Å². The van der Waals surface area contributed by atoms with Crippen LogP contribution in [-0.2, 0) is 4.79 Å². The third kappa shape index (κ3) is 4.68. The van der Waals surface area contributed by atoms with Gasteiger partial charge in [-0.05, 0) is 50.2 Å². The molecule has 148 valence electrons. The molecule has 3 heterocycles. The van der Waals surface area contributed by atoms with Crippen molar-refractivity contribution in [1.82, 2.24) is 15.0 Å². The van der Waals surface area contributed by atoms with Gasteiger partial charge >= 0.3 is 0 Å². The van der Waals surface area contributed by atoms with Crippen molar-refractivity contribution in [3.05, 3.63) is 30.1 Å². The van der Waals surface area contributed by atoms with E-state index in [1.54, 1.807) is 0 Å². The predicted octanol–water partition coefficient (Wildman–Crippen LogP) is 2.77. The number of hydrogen-bond donors (Lipinski definition) is 3. The maximum absolute atomic E-state index is 11.0. The second-order valence-corrected chi connectivity index (χ2v) is 7.49. The number of pyridine rings is 1. The molecule has 4 N–H and O–H groups in total. The molecule has 0 spiro atoms. The molecule has 0 atom stereocenters. The quantitative estimate of drug-likeness (QED) is 0.645. The molecule has 8 nitrogen and oxygen atoms in total. The Hall–Kier alpha value is -2.90. The summed E-state index contributed by atoms with van der Waals surface area (Å²) in [6.07, 6.45) is 10.0. The van der Waals surface area contributed by atoms with Crippen molar-refractivity contribution in [3.8, 4) is 0 Å². The number of amides is 1. The summed E-state index contributed by atoms with van der Waals surface area (Å²) in [7, 11) is 0. The van der Waals surface area contributed by atoms with E-state index in [9.17, 15) is 4.79 Å². The zero-order valence-corrected chi connectivity index (χ0v) is 16.0. The number of aromatic nitrogens is 3. The third-order valence-corrected chi connectivity index (χ3v) is 5.18. The van der Waals surface area contributed by atoms with Gasteiger partial charge in [-0.25, -0.2) is 9.97 Å². The van der Waals surface area contributed by atoms with Gasteiger partial charge in [0.2, 0.25) is 11.9 Å². The Morgan fingerprint density at radius 2 is 1.96 bits per heavy atom. The van der Waals surface area contributed by atoms with E-state index in [4.69, 9.17) is 5.73 Å². The Balaban J connectivity index is 1.44. The Morgan fingerprint density at radius 1 is 1.14 bits per heavy atom. The van der Waals surface area contributed by atoms with E-state index >= 15 is 0 Å². The second-order valence-electron chi connectivity index (χ2n) is 7.49. The van der Waals surface area contributed by atoms with Crippen molar-refractivity contribution < 1.29 is 4.79 Å². The number of nitrogens with two attached hydrogens (primary N) is 1. The molecular formula is C20H27N7O. The molecule has 1 saturated carbocycles. The number of anilines is 4. The highest BCUT2D eigenvalue weighted by Gasteiger charge is 2.27. The molecule has 0 bridgehead atoms. The summed E-state index contributed by atoms with van der Waals surface area (Å²) in [6, 6.07) is 4.05. The third-order valence-electron chi connectivity index (χ3n) is 5.18. The standard InChI is InChI=1S/C20H27N7O/c21-17(28)8-9-22-19-16(14-4-5-14)13-24-20(26-19)25-15-6-7-18(23-12-15)27-10-2-1-3-11-27/h6-7,12-14H,1-5,8-11H2,(H2,21,28)(H2,22,24,25,26). The van der Waals surface area contributed by atoms with E-state index in [0.717, 1.165) is 48.8 Å². The molecule has 1 saturated heterocycles. The highest BCUT2D eigenvalue weighted by Crippen LogP contribution is 2.42. The van der Waals surface area contributed by atoms with Gasteiger partial charge in [-0.2, -0.15) is 4.98 Å². The van der Waals surface area contributed by atoms with Crippen LogP contribution in [-0.4, -0.2) is 40.5 Å². The summed E-state index contributed by atoms with van der Waals surface area (Å²) >= 11 is 0. The fraction of sp³-hybridized carbons (Fsp3) is 0.500. The first-order chi connectivity index (χ1) is 13.7. The van der Waals surface area contributed by atoms with Crippen LogP contribution in [0.1, 0.15) is 50.0 Å². The van der Waals surface area contributed by atoms with Gasteiger partial charge in [0.15, 0.2) is 0 Å². The summed E-state index contributed by atoms with van der Waals surface area (Å²) in [5.41, 5.74) is 7.19. The lowest BCUT2D eigenvalue weighted by molar-refractivity contribution is -0.117. The summed E-state index contributed by atoms with van der Waals surface area (Å²) < 4.78 is 0. The van der Waals surface area contributed by atoms with Crippen LogP contribution in [0.3, 0.4) is 0 Å². The molecule has 1 aliphatic heterocycles. The first-order valence-corrected chi connectivity index (χ1v) is 10.1. The molecule has 1 amide bonds. The largest absolute Gasteiger partial charge is 0.370 e. The topological polar surface area (TPSA) is 109 Å². The van der Waals surface area contributed by atoms with Gasteiger partial charge in [0.05, 0.1) is 11.9 Å². The average molecular weight is 381 g/mol. The maximum Gasteiger partial charge on any atom is 0.229 e. The molecule has 0 unspecified atom stereocenters. The summed E-state index contributed by atoms with van der Waals surface area (Å²) in [4.78, 5) is 27.0. The van der Waals surface area contributed by atoms with Crippen LogP contribution in [0.25, 0.3) is 0 Å².